The number of aryl methyl sites for hydroxylation is 2. The van der Waals surface area contributed by atoms with Crippen molar-refractivity contribution in [2.45, 2.75) is 264 Å². The molecular weight excluding hydrogens is 771 g/mol. The molecule has 2 nitrogen and oxygen atoms in total. The van der Waals surface area contributed by atoms with E-state index in [1.807, 2.05) is 14.4 Å². The zero-order chi connectivity index (χ0) is 43.1. The predicted molar refractivity (Wildman–Crippen MR) is 265 cm³/mol. The van der Waals surface area contributed by atoms with Crippen LogP contribution in [-0.2, 0) is 27.3 Å². The van der Waals surface area contributed by atoms with Crippen LogP contribution in [0.15, 0.2) is 60.2 Å². The molecule has 1 aliphatic rings. The van der Waals surface area contributed by atoms with Gasteiger partial charge < -0.3 is 5.53 Å². The molecule has 3 heteroatoms. The Morgan fingerprint density at radius 1 is 0.417 bits per heavy atom. The van der Waals surface area contributed by atoms with Gasteiger partial charge in [0, 0.05) is 22.8 Å². The van der Waals surface area contributed by atoms with E-state index in [1.54, 1.807) is 0 Å². The molecule has 0 aromatic heterocycles. The molecule has 1 heterocycles. The van der Waals surface area contributed by atoms with Crippen molar-refractivity contribution in [2.75, 3.05) is 0 Å². The number of benzene rings is 2. The van der Waals surface area contributed by atoms with Crippen LogP contribution in [0.1, 0.15) is 262 Å². The van der Waals surface area contributed by atoms with Gasteiger partial charge in [-0.2, -0.15) is 0 Å². The number of hydrogen-bond donors (Lipinski definition) is 0. The average molecular weight is 868 g/mol. The van der Waals surface area contributed by atoms with Gasteiger partial charge in [-0.25, -0.2) is 4.70 Å². The molecular formula is C57H96N2Ni. The standard InChI is InChI=1S/C25H30N2.2C16H33.Ni/c1-4-6-10-20-12-8-14-22(17-20)24-16-19(3)25(27(24)26)23-15-9-13-21(18-23)11-7-5-2;2*1-3-5-7-9-11-13-15-16-14-12-10-8-6-4-2;/h8-9,12-18H,4-7,10-11H2,1-3H3;2*1,3-16H2,2H3;. The third-order valence-electron chi connectivity index (χ3n) is 12.4. The second-order valence-corrected chi connectivity index (χ2v) is 19.6. The van der Waals surface area contributed by atoms with E-state index in [1.165, 1.54) is 232 Å². The second kappa shape index (κ2) is 38.7. The minimum Gasteiger partial charge on any atom is -0.493 e. The van der Waals surface area contributed by atoms with Crippen molar-refractivity contribution in [1.29, 1.82) is 0 Å². The Kier molecular flexibility index (Phi) is 34.9. The Morgan fingerprint density at radius 3 is 1.13 bits per heavy atom. The molecule has 0 saturated carbocycles. The summed E-state index contributed by atoms with van der Waals surface area (Å²) in [6, 6.07) is 17.1. The third-order valence-corrected chi connectivity index (χ3v) is 13.8. The summed E-state index contributed by atoms with van der Waals surface area (Å²) < 4.78 is 1.37. The van der Waals surface area contributed by atoms with Crippen LogP contribution in [-0.4, -0.2) is 4.70 Å². The SMILES string of the molecule is CCCCCCCCCCCCCCC[CH2][Ni][CH2]CCCCCCCCCCCCCCC.CCCCc1cccc(C2=CC(C)=C(c3cccc(CCCC)c3)[N+]2=[N-])c1. The van der Waals surface area contributed by atoms with Crippen molar-refractivity contribution >= 4 is 11.4 Å². The maximum atomic E-state index is 11.0. The molecule has 0 fully saturated rings. The minimum absolute atomic E-state index is 0.861. The van der Waals surface area contributed by atoms with E-state index in [0.29, 0.717) is 0 Å². The van der Waals surface area contributed by atoms with Crippen LogP contribution in [0.25, 0.3) is 16.9 Å². The van der Waals surface area contributed by atoms with Gasteiger partial charge in [-0.05, 0) is 68.0 Å². The first kappa shape index (κ1) is 54.1. The van der Waals surface area contributed by atoms with Crippen LogP contribution in [0.4, 0.5) is 0 Å². The van der Waals surface area contributed by atoms with Gasteiger partial charge in [0.1, 0.15) is 0 Å². The van der Waals surface area contributed by atoms with Gasteiger partial charge in [0.2, 0.25) is 11.4 Å². The molecule has 0 bridgehead atoms. The molecule has 0 atom stereocenters. The summed E-state index contributed by atoms with van der Waals surface area (Å²) in [5.74, 6) is 0. The Balaban J connectivity index is 0.000000420. The molecule has 3 rings (SSSR count). The van der Waals surface area contributed by atoms with Gasteiger partial charge in [-0.15, -0.1) is 0 Å². The maximum absolute atomic E-state index is 11.0. The Morgan fingerprint density at radius 2 is 0.750 bits per heavy atom. The van der Waals surface area contributed by atoms with Crippen LogP contribution >= 0.6 is 0 Å². The molecule has 344 valence electrons. The van der Waals surface area contributed by atoms with E-state index in [4.69, 9.17) is 0 Å². The summed E-state index contributed by atoms with van der Waals surface area (Å²) in [6.07, 6.45) is 50.3. The zero-order valence-corrected chi connectivity index (χ0v) is 41.4. The van der Waals surface area contributed by atoms with Gasteiger partial charge in [-0.1, -0.05) is 103 Å². The van der Waals surface area contributed by atoms with Crippen LogP contribution in [0.5, 0.6) is 0 Å². The number of allylic oxidation sites excluding steroid dienone is 2. The zero-order valence-electron chi connectivity index (χ0n) is 40.4. The summed E-state index contributed by atoms with van der Waals surface area (Å²) in [7, 11) is 0. The first-order chi connectivity index (χ1) is 29.5. The van der Waals surface area contributed by atoms with Crippen LogP contribution in [0.3, 0.4) is 0 Å². The molecule has 0 radical (unpaired) electrons. The molecule has 2 aromatic rings. The summed E-state index contributed by atoms with van der Waals surface area (Å²) in [5, 5.41) is 2.87. The number of nitrogens with zero attached hydrogens (tertiary/aromatic N) is 2. The number of rotatable bonds is 38. The van der Waals surface area contributed by atoms with Gasteiger partial charge in [0.05, 0.1) is 0 Å². The van der Waals surface area contributed by atoms with Crippen molar-refractivity contribution < 1.29 is 19.1 Å². The Labute approximate surface area is 380 Å². The molecule has 0 spiro atoms. The molecule has 0 unspecified atom stereocenters. The van der Waals surface area contributed by atoms with Crippen molar-refractivity contribution in [3.8, 4) is 0 Å². The number of unbranched alkanes of at least 4 members (excludes halogenated alkanes) is 28. The van der Waals surface area contributed by atoms with Gasteiger partial charge in [0.15, 0.2) is 0 Å². The monoisotopic (exact) mass is 867 g/mol. The van der Waals surface area contributed by atoms with Crippen LogP contribution in [0, 0.1) is 0 Å². The van der Waals surface area contributed by atoms with E-state index in [9.17, 15) is 5.53 Å². The smallest absolute Gasteiger partial charge is 0.493 e. The summed E-state index contributed by atoms with van der Waals surface area (Å²) in [6.45, 7) is 11.1. The molecule has 0 saturated heterocycles. The Hall–Kier alpha value is -1.99. The predicted octanol–water partition coefficient (Wildman–Crippen LogP) is 20.1. The second-order valence-electron chi connectivity index (χ2n) is 18.1. The minimum atomic E-state index is 0.861. The van der Waals surface area contributed by atoms with E-state index in [2.05, 4.69) is 89.2 Å². The van der Waals surface area contributed by atoms with Crippen LogP contribution in [0.2, 0.25) is 10.8 Å². The van der Waals surface area contributed by atoms with Gasteiger partial charge in [-0.3, -0.25) is 0 Å². The quantitative estimate of drug-likeness (QED) is 0.0365. The normalized spacial score (nSPS) is 12.7. The van der Waals surface area contributed by atoms with Crippen molar-refractivity contribution in [3.63, 3.8) is 0 Å². The third kappa shape index (κ3) is 26.5. The molecule has 0 N–H and O–H groups in total. The fourth-order valence-corrected chi connectivity index (χ4v) is 9.72. The summed E-state index contributed by atoms with van der Waals surface area (Å²) in [5.41, 5.74) is 18.6. The van der Waals surface area contributed by atoms with Crippen molar-refractivity contribution in [3.05, 3.63) is 88.0 Å². The van der Waals surface area contributed by atoms with E-state index in [-0.39, 0.29) is 0 Å². The average Bonchev–Trinajstić information content (AvgIpc) is 3.57. The molecule has 2 aromatic carbocycles. The molecule has 60 heavy (non-hydrogen) atoms. The number of hydrogen-bond acceptors (Lipinski definition) is 0. The van der Waals surface area contributed by atoms with Crippen molar-refractivity contribution in [1.82, 2.24) is 0 Å². The van der Waals surface area contributed by atoms with Gasteiger partial charge in [0.25, 0.3) is 0 Å². The first-order valence-electron chi connectivity index (χ1n) is 26.1. The van der Waals surface area contributed by atoms with E-state index < -0.39 is 0 Å². The Bertz CT molecular complexity index is 1360. The van der Waals surface area contributed by atoms with Gasteiger partial charge >= 0.3 is 166 Å². The molecule has 0 amide bonds. The first-order valence-corrected chi connectivity index (χ1v) is 27.5. The molecule has 0 aliphatic carbocycles. The summed E-state index contributed by atoms with van der Waals surface area (Å²) in [4.78, 5) is 0. The summed E-state index contributed by atoms with van der Waals surface area (Å²) >= 11 is 2.04. The fraction of sp³-hybridized carbons (Fsp3) is 0.719. The molecule has 1 aliphatic heterocycles. The van der Waals surface area contributed by atoms with E-state index >= 15 is 0 Å². The van der Waals surface area contributed by atoms with Crippen molar-refractivity contribution in [2.24, 2.45) is 0 Å². The topological polar surface area (TPSA) is 25.3 Å². The fourth-order valence-electron chi connectivity index (χ4n) is 8.48. The van der Waals surface area contributed by atoms with E-state index in [0.717, 1.165) is 40.9 Å². The van der Waals surface area contributed by atoms with Crippen LogP contribution < -0.4 is 0 Å².